The summed E-state index contributed by atoms with van der Waals surface area (Å²) >= 11 is 4.42. The average Bonchev–Trinajstić information content (AvgIpc) is 2.65. The predicted molar refractivity (Wildman–Crippen MR) is 110 cm³/mol. The SMILES string of the molecule is CS[C](=S)[Sn]([c]1ccccc1)([c]1ccccc1)[c]1ccccc1. The van der Waals surface area contributed by atoms with E-state index >= 15 is 0 Å². The zero-order chi connectivity index (χ0) is 16.1. The van der Waals surface area contributed by atoms with Crippen molar-refractivity contribution in [3.63, 3.8) is 0 Å². The Morgan fingerprint density at radius 1 is 0.652 bits per heavy atom. The van der Waals surface area contributed by atoms with Gasteiger partial charge < -0.3 is 0 Å². The van der Waals surface area contributed by atoms with E-state index < -0.39 is 18.4 Å². The Kier molecular flexibility index (Phi) is 5.57. The number of benzene rings is 3. The Morgan fingerprint density at radius 3 is 1.22 bits per heavy atom. The van der Waals surface area contributed by atoms with Gasteiger partial charge in [0, 0.05) is 0 Å². The molecule has 3 heteroatoms. The number of rotatable bonds is 4. The fourth-order valence-electron chi connectivity index (χ4n) is 3.07. The third kappa shape index (κ3) is 3.12. The van der Waals surface area contributed by atoms with Crippen molar-refractivity contribution in [2.24, 2.45) is 0 Å². The fraction of sp³-hybridized carbons (Fsp3) is 0.0500. The number of hydrogen-bond donors (Lipinski definition) is 0. The van der Waals surface area contributed by atoms with E-state index in [2.05, 4.69) is 97.3 Å². The third-order valence-corrected chi connectivity index (χ3v) is 22.9. The molecule has 0 fully saturated rings. The standard InChI is InChI=1S/3C6H5.C2H3S2.Sn/c3*1-2-4-6-5-3-1;1-4-2-3;/h3*1-5H;1H3;. The van der Waals surface area contributed by atoms with Crippen molar-refractivity contribution in [2.45, 2.75) is 0 Å². The molecule has 0 unspecified atom stereocenters. The Hall–Kier alpha value is -1.10. The maximum absolute atomic E-state index is 5.99. The summed E-state index contributed by atoms with van der Waals surface area (Å²) in [5, 5.41) is 0. The van der Waals surface area contributed by atoms with Crippen LogP contribution in [0.3, 0.4) is 0 Å². The Labute approximate surface area is 151 Å². The molecule has 0 amide bonds. The predicted octanol–water partition coefficient (Wildman–Crippen LogP) is 3.39. The van der Waals surface area contributed by atoms with Gasteiger partial charge in [0.15, 0.2) is 0 Å². The summed E-state index contributed by atoms with van der Waals surface area (Å²) in [5.74, 6) is 0. The van der Waals surface area contributed by atoms with Crippen molar-refractivity contribution in [1.29, 1.82) is 0 Å². The molecule has 0 nitrogen and oxygen atoms in total. The third-order valence-electron chi connectivity index (χ3n) is 4.11. The zero-order valence-electron chi connectivity index (χ0n) is 13.0. The van der Waals surface area contributed by atoms with Gasteiger partial charge in [0.1, 0.15) is 0 Å². The monoisotopic (exact) mass is 442 g/mol. The first kappa shape index (κ1) is 16.7. The van der Waals surface area contributed by atoms with Gasteiger partial charge in [-0.25, -0.2) is 0 Å². The second-order valence-corrected chi connectivity index (χ2v) is 19.5. The molecule has 3 aromatic rings. The van der Waals surface area contributed by atoms with E-state index in [1.54, 1.807) is 11.8 Å². The second-order valence-electron chi connectivity index (χ2n) is 5.34. The molecule has 0 aliphatic heterocycles. The van der Waals surface area contributed by atoms with E-state index in [9.17, 15) is 0 Å². The number of thiocarbonyl (C=S) groups is 1. The first-order chi connectivity index (χ1) is 11.3. The van der Waals surface area contributed by atoms with Gasteiger partial charge in [0.2, 0.25) is 0 Å². The van der Waals surface area contributed by atoms with Crippen LogP contribution in [-0.2, 0) is 0 Å². The number of thioether (sulfide) groups is 1. The molecule has 0 aromatic heterocycles. The van der Waals surface area contributed by atoms with Crippen LogP contribution in [0.5, 0.6) is 0 Å². The van der Waals surface area contributed by atoms with Gasteiger partial charge in [-0.1, -0.05) is 0 Å². The molecular formula is C20H18S2Sn. The van der Waals surface area contributed by atoms with Crippen molar-refractivity contribution in [2.75, 3.05) is 6.26 Å². The van der Waals surface area contributed by atoms with Crippen LogP contribution in [0.2, 0.25) is 0 Å². The molecule has 3 aromatic carbocycles. The van der Waals surface area contributed by atoms with E-state index in [-0.39, 0.29) is 0 Å². The Bertz CT molecular complexity index is 674. The van der Waals surface area contributed by atoms with Crippen LogP contribution < -0.4 is 10.7 Å². The molecule has 23 heavy (non-hydrogen) atoms. The van der Waals surface area contributed by atoms with Crippen molar-refractivity contribution in [1.82, 2.24) is 0 Å². The molecule has 0 radical (unpaired) electrons. The van der Waals surface area contributed by atoms with Gasteiger partial charge in [0.25, 0.3) is 0 Å². The van der Waals surface area contributed by atoms with Crippen molar-refractivity contribution in [3.05, 3.63) is 91.0 Å². The van der Waals surface area contributed by atoms with E-state index in [4.69, 9.17) is 12.2 Å². The van der Waals surface area contributed by atoms with E-state index in [0.717, 1.165) is 0 Å². The van der Waals surface area contributed by atoms with E-state index in [1.807, 2.05) is 0 Å². The summed E-state index contributed by atoms with van der Waals surface area (Å²) < 4.78 is 5.42. The van der Waals surface area contributed by atoms with Crippen molar-refractivity contribution in [3.8, 4) is 0 Å². The zero-order valence-corrected chi connectivity index (χ0v) is 17.5. The molecule has 114 valence electrons. The molecule has 0 spiro atoms. The van der Waals surface area contributed by atoms with Gasteiger partial charge >= 0.3 is 153 Å². The normalized spacial score (nSPS) is 11.2. The van der Waals surface area contributed by atoms with Gasteiger partial charge in [-0.2, -0.15) is 0 Å². The van der Waals surface area contributed by atoms with Crippen molar-refractivity contribution < 1.29 is 0 Å². The molecular weight excluding hydrogens is 423 g/mol. The van der Waals surface area contributed by atoms with Crippen LogP contribution in [0, 0.1) is 0 Å². The van der Waals surface area contributed by atoms with Crippen LogP contribution in [0.25, 0.3) is 0 Å². The summed E-state index contributed by atoms with van der Waals surface area (Å²) in [6.07, 6.45) is 2.11. The van der Waals surface area contributed by atoms with Crippen LogP contribution in [0.1, 0.15) is 0 Å². The molecule has 0 saturated carbocycles. The molecule has 0 bridgehead atoms. The molecule has 0 atom stereocenters. The second kappa shape index (κ2) is 7.65. The molecule has 0 aliphatic carbocycles. The summed E-state index contributed by atoms with van der Waals surface area (Å²) in [6, 6.07) is 32.6. The van der Waals surface area contributed by atoms with Gasteiger partial charge in [-0.15, -0.1) is 0 Å². The van der Waals surface area contributed by atoms with Gasteiger partial charge in [-0.05, 0) is 0 Å². The summed E-state index contributed by atoms with van der Waals surface area (Å²) in [4.78, 5) is 0. The van der Waals surface area contributed by atoms with Crippen LogP contribution in [0.4, 0.5) is 0 Å². The molecule has 0 aliphatic rings. The molecule has 0 heterocycles. The molecule has 0 N–H and O–H groups in total. The summed E-state index contributed by atoms with van der Waals surface area (Å²) in [5.41, 5.74) is 0. The van der Waals surface area contributed by atoms with Crippen molar-refractivity contribution >= 4 is 55.3 Å². The molecule has 0 saturated heterocycles. The summed E-state index contributed by atoms with van der Waals surface area (Å²) in [6.45, 7) is 0. The Balaban J connectivity index is 2.38. The first-order valence-electron chi connectivity index (χ1n) is 7.55. The minimum absolute atomic E-state index is 1.17. The minimum atomic E-state index is -3.31. The van der Waals surface area contributed by atoms with Crippen LogP contribution >= 0.6 is 24.0 Å². The van der Waals surface area contributed by atoms with Crippen LogP contribution in [0.15, 0.2) is 91.0 Å². The number of hydrogen-bond acceptors (Lipinski definition) is 2. The topological polar surface area (TPSA) is 0 Å². The Morgan fingerprint density at radius 2 is 0.957 bits per heavy atom. The van der Waals surface area contributed by atoms with Gasteiger partial charge in [-0.3, -0.25) is 0 Å². The first-order valence-corrected chi connectivity index (χ1v) is 14.9. The quantitative estimate of drug-likeness (QED) is 0.450. The fourth-order valence-corrected chi connectivity index (χ4v) is 21.5. The molecule has 3 rings (SSSR count). The van der Waals surface area contributed by atoms with E-state index in [0.29, 0.717) is 0 Å². The van der Waals surface area contributed by atoms with Crippen LogP contribution in [-0.4, -0.2) is 26.8 Å². The van der Waals surface area contributed by atoms with E-state index in [1.165, 1.54) is 13.0 Å². The summed E-state index contributed by atoms with van der Waals surface area (Å²) in [7, 11) is 0. The average molecular weight is 441 g/mol. The maximum atomic E-state index is 5.99. The van der Waals surface area contributed by atoms with Gasteiger partial charge in [0.05, 0.1) is 0 Å².